The Bertz CT molecular complexity index is 998. The summed E-state index contributed by atoms with van der Waals surface area (Å²) in [6, 6.07) is 13.9. The third-order valence-electron chi connectivity index (χ3n) is 5.19. The summed E-state index contributed by atoms with van der Waals surface area (Å²) < 4.78 is 0. The number of hydrazine groups is 1. The maximum Gasteiger partial charge on any atom is 0.140 e. The third kappa shape index (κ3) is 3.46. The molecule has 1 aliphatic heterocycles. The second-order valence-electron chi connectivity index (χ2n) is 6.85. The average molecular weight is 396 g/mol. The summed E-state index contributed by atoms with van der Waals surface area (Å²) in [6.45, 7) is 1.64. The highest BCUT2D eigenvalue weighted by Crippen LogP contribution is 2.35. The number of amidine groups is 1. The zero-order chi connectivity index (χ0) is 19.5. The molecular formula is C20H22ClN7. The Hall–Kier alpha value is -2.90. The number of piperidine rings is 1. The lowest BCUT2D eigenvalue weighted by atomic mass is 9.95. The van der Waals surface area contributed by atoms with Gasteiger partial charge in [0.25, 0.3) is 0 Å². The smallest absolute Gasteiger partial charge is 0.140 e. The van der Waals surface area contributed by atoms with Crippen LogP contribution in [0.4, 0.5) is 5.82 Å². The lowest BCUT2D eigenvalue weighted by Crippen LogP contribution is -2.46. The van der Waals surface area contributed by atoms with Gasteiger partial charge in [0.15, 0.2) is 0 Å². The SMILES string of the molecule is N/N=C(\NN)C1CCCN(c2ncnc3cccc(-c4ccc(Cl)cc4)c23)C1. The number of benzene rings is 2. The van der Waals surface area contributed by atoms with E-state index < -0.39 is 0 Å². The number of hydrazone groups is 1. The van der Waals surface area contributed by atoms with Gasteiger partial charge in [-0.1, -0.05) is 35.9 Å². The van der Waals surface area contributed by atoms with Crippen molar-refractivity contribution < 1.29 is 0 Å². The van der Waals surface area contributed by atoms with Crippen LogP contribution in [0.15, 0.2) is 53.9 Å². The summed E-state index contributed by atoms with van der Waals surface area (Å²) in [5.41, 5.74) is 5.69. The second kappa shape index (κ2) is 8.00. The van der Waals surface area contributed by atoms with Crippen molar-refractivity contribution in [3.8, 4) is 11.1 Å². The molecule has 7 nitrogen and oxygen atoms in total. The number of hydrogen-bond donors (Lipinski definition) is 3. The minimum absolute atomic E-state index is 0.136. The molecule has 1 saturated heterocycles. The van der Waals surface area contributed by atoms with Crippen LogP contribution < -0.4 is 22.0 Å². The van der Waals surface area contributed by atoms with Crippen LogP contribution in [-0.2, 0) is 0 Å². The fourth-order valence-corrected chi connectivity index (χ4v) is 3.98. The Labute approximate surface area is 168 Å². The monoisotopic (exact) mass is 395 g/mol. The topological polar surface area (TPSA) is 105 Å². The number of nitrogens with zero attached hydrogens (tertiary/aromatic N) is 4. The largest absolute Gasteiger partial charge is 0.355 e. The molecular weight excluding hydrogens is 374 g/mol. The minimum atomic E-state index is 0.136. The Morgan fingerprint density at radius 2 is 2.00 bits per heavy atom. The predicted octanol–water partition coefficient (Wildman–Crippen LogP) is 2.90. The molecule has 144 valence electrons. The van der Waals surface area contributed by atoms with Gasteiger partial charge in [0, 0.05) is 24.0 Å². The van der Waals surface area contributed by atoms with E-state index in [4.69, 9.17) is 23.3 Å². The van der Waals surface area contributed by atoms with E-state index in [9.17, 15) is 0 Å². The van der Waals surface area contributed by atoms with Crippen molar-refractivity contribution in [1.82, 2.24) is 15.4 Å². The molecule has 0 saturated carbocycles. The summed E-state index contributed by atoms with van der Waals surface area (Å²) in [7, 11) is 0. The Morgan fingerprint density at radius 3 is 2.75 bits per heavy atom. The van der Waals surface area contributed by atoms with Crippen LogP contribution in [0.25, 0.3) is 22.0 Å². The number of nitrogens with two attached hydrogens (primary N) is 2. The standard InChI is InChI=1S/C20H22ClN7/c21-15-8-6-13(7-9-15)16-4-1-5-17-18(16)20(25-12-24-17)28-10-2-3-14(11-28)19(26-22)27-23/h1,4-9,12,14H,2-3,10-11,22-23H2,(H,26,27). The molecule has 4 rings (SSSR count). The number of hydrogen-bond acceptors (Lipinski definition) is 6. The van der Waals surface area contributed by atoms with Crippen LogP contribution in [0.5, 0.6) is 0 Å². The van der Waals surface area contributed by atoms with Crippen molar-refractivity contribution in [3.05, 3.63) is 53.8 Å². The highest BCUT2D eigenvalue weighted by molar-refractivity contribution is 6.30. The van der Waals surface area contributed by atoms with E-state index in [2.05, 4.69) is 31.5 Å². The number of fused-ring (bicyclic) bond motifs is 1. The van der Waals surface area contributed by atoms with Gasteiger partial charge in [-0.3, -0.25) is 0 Å². The van der Waals surface area contributed by atoms with E-state index in [1.807, 2.05) is 36.4 Å². The van der Waals surface area contributed by atoms with Crippen LogP contribution in [0.3, 0.4) is 0 Å². The van der Waals surface area contributed by atoms with Crippen molar-refractivity contribution in [1.29, 1.82) is 0 Å². The van der Waals surface area contributed by atoms with Gasteiger partial charge in [0.2, 0.25) is 0 Å². The summed E-state index contributed by atoms with van der Waals surface area (Å²) in [5.74, 6) is 12.7. The summed E-state index contributed by atoms with van der Waals surface area (Å²) in [6.07, 6.45) is 3.59. The van der Waals surface area contributed by atoms with Crippen molar-refractivity contribution in [3.63, 3.8) is 0 Å². The summed E-state index contributed by atoms with van der Waals surface area (Å²) in [4.78, 5) is 11.4. The van der Waals surface area contributed by atoms with Crippen LogP contribution in [0, 0.1) is 5.92 Å². The van der Waals surface area contributed by atoms with Gasteiger partial charge in [-0.2, -0.15) is 5.10 Å². The molecule has 8 heteroatoms. The molecule has 1 aliphatic rings. The number of nitrogens with one attached hydrogen (secondary N) is 1. The van der Waals surface area contributed by atoms with E-state index in [1.54, 1.807) is 6.33 Å². The molecule has 5 N–H and O–H groups in total. The highest BCUT2D eigenvalue weighted by Gasteiger charge is 2.26. The van der Waals surface area contributed by atoms with Gasteiger partial charge in [0.05, 0.1) is 10.9 Å². The number of halogens is 1. The molecule has 1 fully saturated rings. The fourth-order valence-electron chi connectivity index (χ4n) is 3.86. The molecule has 2 aromatic carbocycles. The van der Waals surface area contributed by atoms with Crippen LogP contribution >= 0.6 is 11.6 Å². The lowest BCUT2D eigenvalue weighted by molar-refractivity contribution is 0.494. The van der Waals surface area contributed by atoms with Gasteiger partial charge in [0.1, 0.15) is 18.0 Å². The molecule has 1 aromatic heterocycles. The number of aromatic nitrogens is 2. The quantitative estimate of drug-likeness (QED) is 0.272. The fraction of sp³-hybridized carbons (Fsp3) is 0.250. The predicted molar refractivity (Wildman–Crippen MR) is 114 cm³/mol. The van der Waals surface area contributed by atoms with Crippen molar-refractivity contribution in [2.45, 2.75) is 12.8 Å². The number of rotatable bonds is 3. The molecule has 1 unspecified atom stereocenters. The maximum absolute atomic E-state index is 6.07. The Morgan fingerprint density at radius 1 is 1.18 bits per heavy atom. The average Bonchev–Trinajstić information content (AvgIpc) is 2.75. The lowest BCUT2D eigenvalue weighted by Gasteiger charge is -2.34. The zero-order valence-corrected chi connectivity index (χ0v) is 16.1. The van der Waals surface area contributed by atoms with E-state index in [0.717, 1.165) is 53.8 Å². The van der Waals surface area contributed by atoms with Gasteiger partial charge >= 0.3 is 0 Å². The van der Waals surface area contributed by atoms with Gasteiger partial charge in [-0.25, -0.2) is 15.8 Å². The zero-order valence-electron chi connectivity index (χ0n) is 15.3. The molecule has 1 atom stereocenters. The molecule has 0 bridgehead atoms. The molecule has 3 aromatic rings. The molecule has 0 radical (unpaired) electrons. The van der Waals surface area contributed by atoms with Crippen molar-refractivity contribution >= 4 is 34.2 Å². The van der Waals surface area contributed by atoms with E-state index >= 15 is 0 Å². The van der Waals surface area contributed by atoms with Crippen molar-refractivity contribution in [2.24, 2.45) is 22.7 Å². The Balaban J connectivity index is 1.80. The Kier molecular flexibility index (Phi) is 5.27. The number of anilines is 1. The van der Waals surface area contributed by atoms with E-state index in [-0.39, 0.29) is 5.92 Å². The first-order chi connectivity index (χ1) is 13.7. The van der Waals surface area contributed by atoms with Crippen LogP contribution in [-0.4, -0.2) is 28.9 Å². The van der Waals surface area contributed by atoms with Crippen molar-refractivity contribution in [2.75, 3.05) is 18.0 Å². The minimum Gasteiger partial charge on any atom is -0.355 e. The molecule has 2 heterocycles. The maximum atomic E-state index is 6.07. The summed E-state index contributed by atoms with van der Waals surface area (Å²) in [5, 5.41) is 5.54. The molecule has 0 amide bonds. The third-order valence-corrected chi connectivity index (χ3v) is 5.44. The van der Waals surface area contributed by atoms with Crippen LogP contribution in [0.2, 0.25) is 5.02 Å². The van der Waals surface area contributed by atoms with Crippen LogP contribution in [0.1, 0.15) is 12.8 Å². The van der Waals surface area contributed by atoms with E-state index in [1.165, 1.54) is 0 Å². The highest BCUT2D eigenvalue weighted by atomic mass is 35.5. The first-order valence-corrected chi connectivity index (χ1v) is 9.58. The first kappa shape index (κ1) is 18.5. The van der Waals surface area contributed by atoms with E-state index in [0.29, 0.717) is 10.9 Å². The van der Waals surface area contributed by atoms with Gasteiger partial charge in [-0.05, 0) is 42.2 Å². The second-order valence-corrected chi connectivity index (χ2v) is 7.28. The summed E-state index contributed by atoms with van der Waals surface area (Å²) >= 11 is 6.07. The van der Waals surface area contributed by atoms with Gasteiger partial charge < -0.3 is 16.2 Å². The molecule has 28 heavy (non-hydrogen) atoms. The molecule has 0 aliphatic carbocycles. The molecule has 0 spiro atoms. The first-order valence-electron chi connectivity index (χ1n) is 9.20. The van der Waals surface area contributed by atoms with Gasteiger partial charge in [-0.15, -0.1) is 0 Å². The normalized spacial score (nSPS) is 17.7.